The Morgan fingerprint density at radius 3 is 3.17 bits per heavy atom. The SMILES string of the molecule is CCc1cn(C)c2c1CNC=C2. The lowest BCUT2D eigenvalue weighted by Gasteiger charge is -2.10. The number of fused-ring (bicyclic) bond motifs is 1. The fraction of sp³-hybridized carbons (Fsp3) is 0.400. The highest BCUT2D eigenvalue weighted by Gasteiger charge is 2.11. The van der Waals surface area contributed by atoms with Crippen molar-refractivity contribution in [3.63, 3.8) is 0 Å². The second-order valence-corrected chi connectivity index (χ2v) is 3.20. The monoisotopic (exact) mass is 162 g/mol. The first-order valence-corrected chi connectivity index (χ1v) is 4.40. The summed E-state index contributed by atoms with van der Waals surface area (Å²) in [5, 5.41) is 3.24. The highest BCUT2D eigenvalue weighted by atomic mass is 15.0. The molecule has 2 nitrogen and oxygen atoms in total. The van der Waals surface area contributed by atoms with E-state index in [0.29, 0.717) is 0 Å². The van der Waals surface area contributed by atoms with Gasteiger partial charge in [-0.3, -0.25) is 0 Å². The first-order valence-electron chi connectivity index (χ1n) is 4.40. The van der Waals surface area contributed by atoms with E-state index in [-0.39, 0.29) is 0 Å². The van der Waals surface area contributed by atoms with Crippen molar-refractivity contribution in [2.75, 3.05) is 0 Å². The molecule has 0 amide bonds. The van der Waals surface area contributed by atoms with E-state index in [1.807, 2.05) is 6.20 Å². The van der Waals surface area contributed by atoms with Crippen LogP contribution in [0.15, 0.2) is 12.4 Å². The summed E-state index contributed by atoms with van der Waals surface area (Å²) in [4.78, 5) is 0. The van der Waals surface area contributed by atoms with E-state index in [4.69, 9.17) is 0 Å². The molecule has 2 heterocycles. The molecule has 0 radical (unpaired) electrons. The van der Waals surface area contributed by atoms with Crippen molar-refractivity contribution in [3.05, 3.63) is 29.2 Å². The minimum absolute atomic E-state index is 0.982. The van der Waals surface area contributed by atoms with Crippen LogP contribution in [0.5, 0.6) is 0 Å². The van der Waals surface area contributed by atoms with Gasteiger partial charge in [-0.2, -0.15) is 0 Å². The van der Waals surface area contributed by atoms with Crippen LogP contribution in [0.3, 0.4) is 0 Å². The van der Waals surface area contributed by atoms with Gasteiger partial charge in [0, 0.05) is 25.5 Å². The Bertz CT molecular complexity index is 321. The third-order valence-electron chi connectivity index (χ3n) is 2.45. The standard InChI is InChI=1S/C10H14N2/c1-3-8-7-12(2)10-4-5-11-6-9(8)10/h4-5,7,11H,3,6H2,1-2H3. The number of hydrogen-bond acceptors (Lipinski definition) is 1. The zero-order valence-electron chi connectivity index (χ0n) is 7.59. The number of aryl methyl sites for hydroxylation is 2. The van der Waals surface area contributed by atoms with E-state index in [1.165, 1.54) is 16.8 Å². The van der Waals surface area contributed by atoms with Gasteiger partial charge in [-0.15, -0.1) is 0 Å². The maximum Gasteiger partial charge on any atom is 0.0471 e. The Hall–Kier alpha value is -1.18. The molecular weight excluding hydrogens is 148 g/mol. The second kappa shape index (κ2) is 2.70. The Morgan fingerprint density at radius 1 is 1.58 bits per heavy atom. The van der Waals surface area contributed by atoms with Gasteiger partial charge in [-0.1, -0.05) is 6.92 Å². The summed E-state index contributed by atoms with van der Waals surface area (Å²) in [5.74, 6) is 0. The molecule has 0 fully saturated rings. The lowest BCUT2D eigenvalue weighted by atomic mass is 10.1. The number of aromatic nitrogens is 1. The van der Waals surface area contributed by atoms with Crippen LogP contribution >= 0.6 is 0 Å². The van der Waals surface area contributed by atoms with Gasteiger partial charge in [0.2, 0.25) is 0 Å². The van der Waals surface area contributed by atoms with E-state index in [1.54, 1.807) is 0 Å². The van der Waals surface area contributed by atoms with Gasteiger partial charge < -0.3 is 9.88 Å². The molecule has 0 saturated carbocycles. The average molecular weight is 162 g/mol. The quantitative estimate of drug-likeness (QED) is 0.664. The van der Waals surface area contributed by atoms with Crippen LogP contribution in [0, 0.1) is 0 Å². The third kappa shape index (κ3) is 0.951. The van der Waals surface area contributed by atoms with Crippen LogP contribution in [0.2, 0.25) is 0 Å². The zero-order valence-corrected chi connectivity index (χ0v) is 7.59. The summed E-state index contributed by atoms with van der Waals surface area (Å²) in [6.07, 6.45) is 7.50. The highest BCUT2D eigenvalue weighted by molar-refractivity contribution is 5.55. The molecule has 1 aromatic heterocycles. The maximum atomic E-state index is 3.24. The summed E-state index contributed by atoms with van der Waals surface area (Å²) < 4.78 is 2.20. The Morgan fingerprint density at radius 2 is 2.42 bits per heavy atom. The van der Waals surface area contributed by atoms with Crippen molar-refractivity contribution in [3.8, 4) is 0 Å². The predicted octanol–water partition coefficient (Wildman–Crippen LogP) is 1.66. The van der Waals surface area contributed by atoms with Gasteiger partial charge in [0.25, 0.3) is 0 Å². The third-order valence-corrected chi connectivity index (χ3v) is 2.45. The van der Waals surface area contributed by atoms with Crippen LogP contribution < -0.4 is 5.32 Å². The number of rotatable bonds is 1. The topological polar surface area (TPSA) is 17.0 Å². The fourth-order valence-electron chi connectivity index (χ4n) is 1.78. The van der Waals surface area contributed by atoms with Crippen molar-refractivity contribution in [2.45, 2.75) is 19.9 Å². The summed E-state index contributed by atoms with van der Waals surface area (Å²) in [6, 6.07) is 0. The van der Waals surface area contributed by atoms with Crippen LogP contribution in [-0.2, 0) is 20.0 Å². The summed E-state index contributed by atoms with van der Waals surface area (Å²) >= 11 is 0. The molecular formula is C10H14N2. The minimum Gasteiger partial charge on any atom is -0.387 e. The summed E-state index contributed by atoms with van der Waals surface area (Å²) in [6.45, 7) is 3.18. The van der Waals surface area contributed by atoms with Crippen molar-refractivity contribution in [1.29, 1.82) is 0 Å². The molecule has 0 aromatic carbocycles. The van der Waals surface area contributed by atoms with E-state index < -0.39 is 0 Å². The molecule has 64 valence electrons. The molecule has 0 unspecified atom stereocenters. The lowest BCUT2D eigenvalue weighted by Crippen LogP contribution is -2.11. The first-order chi connectivity index (χ1) is 5.83. The maximum absolute atomic E-state index is 3.24. The lowest BCUT2D eigenvalue weighted by molar-refractivity contribution is 0.826. The van der Waals surface area contributed by atoms with E-state index in [9.17, 15) is 0 Å². The number of nitrogens with one attached hydrogen (secondary N) is 1. The molecule has 0 spiro atoms. The van der Waals surface area contributed by atoms with Crippen LogP contribution in [-0.4, -0.2) is 4.57 Å². The predicted molar refractivity (Wildman–Crippen MR) is 50.7 cm³/mol. The molecule has 2 heteroatoms. The largest absolute Gasteiger partial charge is 0.387 e. The average Bonchev–Trinajstić information content (AvgIpc) is 2.44. The van der Waals surface area contributed by atoms with Crippen molar-refractivity contribution < 1.29 is 0 Å². The molecule has 1 N–H and O–H groups in total. The van der Waals surface area contributed by atoms with Crippen LogP contribution in [0.1, 0.15) is 23.7 Å². The summed E-state index contributed by atoms with van der Waals surface area (Å²) in [7, 11) is 2.10. The van der Waals surface area contributed by atoms with E-state index >= 15 is 0 Å². The Labute approximate surface area is 72.9 Å². The van der Waals surface area contributed by atoms with Gasteiger partial charge in [0.05, 0.1) is 0 Å². The number of nitrogens with zero attached hydrogens (tertiary/aromatic N) is 1. The van der Waals surface area contributed by atoms with Crippen LogP contribution in [0.4, 0.5) is 0 Å². The molecule has 0 bridgehead atoms. The Balaban J connectivity index is 2.56. The molecule has 2 rings (SSSR count). The van der Waals surface area contributed by atoms with E-state index in [0.717, 1.165) is 13.0 Å². The first kappa shape index (κ1) is 7.47. The molecule has 1 aliphatic heterocycles. The molecule has 0 aliphatic carbocycles. The van der Waals surface area contributed by atoms with Gasteiger partial charge in [-0.05, 0) is 29.8 Å². The fourth-order valence-corrected chi connectivity index (χ4v) is 1.78. The highest BCUT2D eigenvalue weighted by Crippen LogP contribution is 2.20. The van der Waals surface area contributed by atoms with Gasteiger partial charge >= 0.3 is 0 Å². The van der Waals surface area contributed by atoms with Gasteiger partial charge in [0.15, 0.2) is 0 Å². The Kier molecular flexibility index (Phi) is 1.68. The zero-order chi connectivity index (χ0) is 8.55. The molecule has 1 aromatic rings. The molecule has 1 aliphatic rings. The molecule has 0 saturated heterocycles. The van der Waals surface area contributed by atoms with Crippen molar-refractivity contribution in [1.82, 2.24) is 9.88 Å². The smallest absolute Gasteiger partial charge is 0.0471 e. The normalized spacial score (nSPS) is 14.2. The summed E-state index contributed by atoms with van der Waals surface area (Å²) in [5.41, 5.74) is 4.28. The van der Waals surface area contributed by atoms with E-state index in [2.05, 4.69) is 36.1 Å². The molecule has 0 atom stereocenters. The number of hydrogen-bond donors (Lipinski definition) is 1. The second-order valence-electron chi connectivity index (χ2n) is 3.20. The van der Waals surface area contributed by atoms with Crippen molar-refractivity contribution >= 4 is 6.08 Å². The van der Waals surface area contributed by atoms with Gasteiger partial charge in [0.1, 0.15) is 0 Å². The minimum atomic E-state index is 0.982. The molecule has 12 heavy (non-hydrogen) atoms. The van der Waals surface area contributed by atoms with Crippen LogP contribution in [0.25, 0.3) is 6.08 Å². The van der Waals surface area contributed by atoms with Gasteiger partial charge in [-0.25, -0.2) is 0 Å². The van der Waals surface area contributed by atoms with Crippen molar-refractivity contribution in [2.24, 2.45) is 7.05 Å².